The van der Waals surface area contributed by atoms with Crippen molar-refractivity contribution in [2.45, 2.75) is 49.5 Å². The molecule has 2 aliphatic heterocycles. The number of nitrogens with zero attached hydrogens (tertiary/aromatic N) is 5. The fourth-order valence-corrected chi connectivity index (χ4v) is 7.81. The van der Waals surface area contributed by atoms with Crippen molar-refractivity contribution in [1.29, 1.82) is 0 Å². The normalized spacial score (nSPS) is 20.3. The molecule has 0 N–H and O–H groups in total. The number of piperazine rings is 1. The van der Waals surface area contributed by atoms with Crippen molar-refractivity contribution < 1.29 is 26.7 Å². The van der Waals surface area contributed by atoms with E-state index in [0.717, 1.165) is 36.2 Å². The quantitative estimate of drug-likeness (QED) is 0.194. The average molecular weight is 642 g/mol. The van der Waals surface area contributed by atoms with Gasteiger partial charge in [0, 0.05) is 65.4 Å². The van der Waals surface area contributed by atoms with Gasteiger partial charge in [0.05, 0.1) is 17.3 Å². The Morgan fingerprint density at radius 2 is 1.71 bits per heavy atom. The van der Waals surface area contributed by atoms with Crippen LogP contribution in [0.2, 0.25) is 0 Å². The van der Waals surface area contributed by atoms with Crippen molar-refractivity contribution in [3.05, 3.63) is 94.7 Å². The number of pyridine rings is 1. The molecule has 45 heavy (non-hydrogen) atoms. The summed E-state index contributed by atoms with van der Waals surface area (Å²) in [6.07, 6.45) is -1.08. The molecule has 7 nitrogen and oxygen atoms in total. The van der Waals surface area contributed by atoms with E-state index in [1.54, 1.807) is 9.80 Å². The van der Waals surface area contributed by atoms with Crippen LogP contribution in [0.4, 0.5) is 27.8 Å². The van der Waals surface area contributed by atoms with Gasteiger partial charge in [0.1, 0.15) is 17.5 Å². The number of anilines is 1. The maximum atomic E-state index is 14.9. The summed E-state index contributed by atoms with van der Waals surface area (Å²) < 4.78 is 74.2. The van der Waals surface area contributed by atoms with Crippen molar-refractivity contribution in [2.75, 3.05) is 23.7 Å². The van der Waals surface area contributed by atoms with E-state index in [1.165, 1.54) is 35.0 Å². The van der Waals surface area contributed by atoms with Gasteiger partial charge >= 0.3 is 11.9 Å². The summed E-state index contributed by atoms with van der Waals surface area (Å²) in [7, 11) is 0. The molecule has 234 valence electrons. The summed E-state index contributed by atoms with van der Waals surface area (Å²) in [5.41, 5.74) is -0.916. The fourth-order valence-electron chi connectivity index (χ4n) is 6.42. The number of hydrogen-bond donors (Lipinski definition) is 0. The van der Waals surface area contributed by atoms with Crippen LogP contribution in [-0.2, 0) is 17.5 Å². The zero-order valence-corrected chi connectivity index (χ0v) is 25.1. The molecule has 6 rings (SSSR count). The molecule has 2 aliphatic rings. The minimum Gasteiger partial charge on any atom is -0.352 e. The molecule has 1 amide bonds. The number of aromatic nitrogens is 3. The lowest BCUT2D eigenvalue weighted by Crippen LogP contribution is -2.58. The van der Waals surface area contributed by atoms with Crippen LogP contribution in [0, 0.1) is 11.6 Å². The van der Waals surface area contributed by atoms with Crippen molar-refractivity contribution in [1.82, 2.24) is 19.4 Å². The van der Waals surface area contributed by atoms with Gasteiger partial charge in [0.25, 0.3) is 0 Å². The zero-order valence-electron chi connectivity index (χ0n) is 24.3. The zero-order chi connectivity index (χ0) is 32.2. The number of amides is 1. The lowest BCUT2D eigenvalue weighted by molar-refractivity contribution is -0.137. The largest absolute Gasteiger partial charge is 0.417 e. The first kappa shape index (κ1) is 30.8. The Kier molecular flexibility index (Phi) is 7.92. The van der Waals surface area contributed by atoms with Crippen LogP contribution in [0.5, 0.6) is 0 Å². The molecule has 0 saturated carbocycles. The Hall–Kier alpha value is -4.26. The number of hydrogen-bond acceptors (Lipinski definition) is 6. The summed E-state index contributed by atoms with van der Waals surface area (Å²) in [6, 6.07) is 6.35. The highest BCUT2D eigenvalue weighted by Gasteiger charge is 2.40. The summed E-state index contributed by atoms with van der Waals surface area (Å²) in [4.78, 5) is 38.2. The third-order valence-corrected chi connectivity index (χ3v) is 9.57. The predicted molar refractivity (Wildman–Crippen MR) is 162 cm³/mol. The van der Waals surface area contributed by atoms with E-state index >= 15 is 0 Å². The first-order chi connectivity index (χ1) is 21.4. The molecule has 4 aromatic rings. The second kappa shape index (κ2) is 11.6. The van der Waals surface area contributed by atoms with Crippen LogP contribution in [0.1, 0.15) is 30.9 Å². The van der Waals surface area contributed by atoms with E-state index in [2.05, 4.69) is 16.5 Å². The van der Waals surface area contributed by atoms with Gasteiger partial charge in [-0.05, 0) is 55.3 Å². The summed E-state index contributed by atoms with van der Waals surface area (Å²) in [6.45, 7) is 7.66. The molecule has 13 heteroatoms. The Morgan fingerprint density at radius 3 is 2.33 bits per heavy atom. The summed E-state index contributed by atoms with van der Waals surface area (Å²) in [5, 5.41) is 0.121. The van der Waals surface area contributed by atoms with E-state index < -0.39 is 35.0 Å². The van der Waals surface area contributed by atoms with Gasteiger partial charge in [-0.15, -0.1) is 11.8 Å². The number of rotatable bonds is 4. The van der Waals surface area contributed by atoms with E-state index in [1.807, 2.05) is 13.8 Å². The lowest BCUT2D eigenvalue weighted by Gasteiger charge is -2.44. The number of carbonyl (C=O) groups excluding carboxylic acids is 1. The van der Waals surface area contributed by atoms with Crippen LogP contribution < -0.4 is 10.6 Å². The molecule has 2 aromatic carbocycles. The smallest absolute Gasteiger partial charge is 0.352 e. The maximum Gasteiger partial charge on any atom is 0.417 e. The number of halogens is 5. The molecule has 0 spiro atoms. The van der Waals surface area contributed by atoms with Crippen molar-refractivity contribution in [3.63, 3.8) is 0 Å². The summed E-state index contributed by atoms with van der Waals surface area (Å²) >= 11 is 1.13. The molecule has 1 fully saturated rings. The number of thioether (sulfide) groups is 1. The standard InChI is InChI=1S/C32H28F5N5O2S/c1-4-26(43)42-17(2)13-40(14-18(42)3)30-24-10-25(32(35,36)37)27(19-5-7-22(33)8-6-19)29-28(24)41(31(44)39-30)15-21(16-45-29)20-9-23(34)12-38-11-20/h4-12,17-18,21H,1,13-16H2,2-3H3/t17-,18+,21-/m1/s1. The molecule has 3 atom stereocenters. The van der Waals surface area contributed by atoms with E-state index in [0.29, 0.717) is 5.56 Å². The number of carbonyl (C=O) groups is 1. The number of alkyl halides is 3. The average Bonchev–Trinajstić information content (AvgIpc) is 3.19. The van der Waals surface area contributed by atoms with Gasteiger partial charge < -0.3 is 9.80 Å². The van der Waals surface area contributed by atoms with E-state index in [-0.39, 0.29) is 76.1 Å². The molecular formula is C32H28F5N5O2S. The molecular weight excluding hydrogens is 613 g/mol. The highest BCUT2D eigenvalue weighted by atomic mass is 32.2. The van der Waals surface area contributed by atoms with Gasteiger partial charge in [0.2, 0.25) is 5.91 Å². The minimum absolute atomic E-state index is 0.0242. The third kappa shape index (κ3) is 5.58. The summed E-state index contributed by atoms with van der Waals surface area (Å²) in [5.74, 6) is -1.64. The SMILES string of the molecule is C=CC(=O)N1[C@H](C)CN(c2nc(=O)n3c4c(c(-c5ccc(F)cc5)c(C(F)(F)F)cc24)SC[C@H](c2cncc(F)c2)C3)C[C@@H]1C. The topological polar surface area (TPSA) is 71.3 Å². The molecule has 0 unspecified atom stereocenters. The van der Waals surface area contributed by atoms with Gasteiger partial charge in [-0.3, -0.25) is 14.3 Å². The molecule has 4 heterocycles. The Balaban J connectivity index is 1.63. The molecule has 0 aliphatic carbocycles. The predicted octanol–water partition coefficient (Wildman–Crippen LogP) is 6.26. The first-order valence-corrected chi connectivity index (χ1v) is 15.2. The van der Waals surface area contributed by atoms with Crippen molar-refractivity contribution in [2.24, 2.45) is 0 Å². The van der Waals surface area contributed by atoms with Crippen LogP contribution >= 0.6 is 11.8 Å². The fraction of sp³-hybridized carbons (Fsp3) is 0.312. The molecule has 0 radical (unpaired) electrons. The van der Waals surface area contributed by atoms with Gasteiger partial charge in [-0.1, -0.05) is 18.7 Å². The van der Waals surface area contributed by atoms with Crippen LogP contribution in [0.15, 0.2) is 71.1 Å². The van der Waals surface area contributed by atoms with E-state index in [4.69, 9.17) is 0 Å². The van der Waals surface area contributed by atoms with Crippen molar-refractivity contribution in [3.8, 4) is 11.1 Å². The van der Waals surface area contributed by atoms with Crippen LogP contribution in [-0.4, -0.2) is 56.3 Å². The van der Waals surface area contributed by atoms with Gasteiger partial charge in [-0.2, -0.15) is 18.2 Å². The molecule has 1 saturated heterocycles. The van der Waals surface area contributed by atoms with Crippen LogP contribution in [0.3, 0.4) is 0 Å². The second-order valence-electron chi connectivity index (χ2n) is 11.4. The van der Waals surface area contributed by atoms with Crippen LogP contribution in [0.25, 0.3) is 22.0 Å². The van der Waals surface area contributed by atoms with E-state index in [9.17, 15) is 31.5 Å². The van der Waals surface area contributed by atoms with Gasteiger partial charge in [0.15, 0.2) is 0 Å². The molecule has 2 aromatic heterocycles. The Labute approximate surface area is 259 Å². The lowest BCUT2D eigenvalue weighted by atomic mass is 9.95. The maximum absolute atomic E-state index is 14.9. The highest BCUT2D eigenvalue weighted by molar-refractivity contribution is 7.99. The monoisotopic (exact) mass is 641 g/mol. The highest BCUT2D eigenvalue weighted by Crippen LogP contribution is 2.49. The Morgan fingerprint density at radius 1 is 1.02 bits per heavy atom. The number of benzene rings is 2. The van der Waals surface area contributed by atoms with Gasteiger partial charge in [-0.25, -0.2) is 13.6 Å². The second-order valence-corrected chi connectivity index (χ2v) is 12.4. The van der Waals surface area contributed by atoms with Crippen molar-refractivity contribution >= 4 is 34.4 Å². The molecule has 0 bridgehead atoms. The Bertz CT molecular complexity index is 1870. The third-order valence-electron chi connectivity index (χ3n) is 8.31. The minimum atomic E-state index is -4.82. The first-order valence-electron chi connectivity index (χ1n) is 14.2.